The van der Waals surface area contributed by atoms with Crippen LogP contribution in [0.5, 0.6) is 0 Å². The van der Waals surface area contributed by atoms with Crippen LogP contribution in [0.2, 0.25) is 0 Å². The Balaban J connectivity index is 1.23. The van der Waals surface area contributed by atoms with Gasteiger partial charge in [-0.05, 0) is 36.2 Å². The number of aryl methyl sites for hydroxylation is 1. The molecule has 0 unspecified atom stereocenters. The molecule has 152 valence electrons. The summed E-state index contributed by atoms with van der Waals surface area (Å²) in [4.78, 5) is 16.5. The lowest BCUT2D eigenvalue weighted by Crippen LogP contribution is -2.11. The van der Waals surface area contributed by atoms with Crippen molar-refractivity contribution in [2.45, 2.75) is 25.8 Å². The molecular formula is C22H20FN5O2. The Labute approximate surface area is 172 Å². The van der Waals surface area contributed by atoms with E-state index in [1.54, 1.807) is 29.2 Å². The van der Waals surface area contributed by atoms with Gasteiger partial charge in [0.05, 0.1) is 18.4 Å². The summed E-state index contributed by atoms with van der Waals surface area (Å²) in [5, 5.41) is 11.0. The maximum atomic E-state index is 13.0. The second kappa shape index (κ2) is 9.13. The first-order valence-corrected chi connectivity index (χ1v) is 9.60. The van der Waals surface area contributed by atoms with E-state index in [2.05, 4.69) is 20.6 Å². The Bertz CT molecular complexity index is 1110. The van der Waals surface area contributed by atoms with E-state index < -0.39 is 0 Å². The molecule has 0 aliphatic heterocycles. The maximum absolute atomic E-state index is 13.0. The highest BCUT2D eigenvalue weighted by Crippen LogP contribution is 2.17. The van der Waals surface area contributed by atoms with Crippen LogP contribution in [0.15, 0.2) is 71.5 Å². The van der Waals surface area contributed by atoms with Gasteiger partial charge in [-0.25, -0.2) is 4.39 Å². The minimum atomic E-state index is -0.320. The topological polar surface area (TPSA) is 85.8 Å². The van der Waals surface area contributed by atoms with Crippen molar-refractivity contribution in [1.82, 2.24) is 19.9 Å². The van der Waals surface area contributed by atoms with Crippen LogP contribution in [0.25, 0.3) is 11.4 Å². The van der Waals surface area contributed by atoms with Gasteiger partial charge in [0.15, 0.2) is 0 Å². The Morgan fingerprint density at radius 1 is 1.10 bits per heavy atom. The van der Waals surface area contributed by atoms with E-state index in [9.17, 15) is 9.18 Å². The number of rotatable bonds is 8. The van der Waals surface area contributed by atoms with Gasteiger partial charge in [0.1, 0.15) is 5.82 Å². The number of hydrogen-bond donors (Lipinski definition) is 1. The number of carbonyl (C=O) groups is 1. The quantitative estimate of drug-likeness (QED) is 0.477. The maximum Gasteiger partial charge on any atom is 0.226 e. The SMILES string of the molecule is O=C(CCCc1nc(-c2ccc(F)cc2)no1)Nc1cnn(Cc2ccccc2)c1. The van der Waals surface area contributed by atoms with Gasteiger partial charge in [0.25, 0.3) is 0 Å². The lowest BCUT2D eigenvalue weighted by molar-refractivity contribution is -0.116. The fourth-order valence-corrected chi connectivity index (χ4v) is 2.98. The molecule has 1 N–H and O–H groups in total. The zero-order valence-electron chi connectivity index (χ0n) is 16.2. The molecule has 0 spiro atoms. The normalized spacial score (nSPS) is 10.8. The first kappa shape index (κ1) is 19.5. The van der Waals surface area contributed by atoms with Crippen molar-refractivity contribution in [3.63, 3.8) is 0 Å². The van der Waals surface area contributed by atoms with Gasteiger partial charge in [0.2, 0.25) is 17.6 Å². The molecule has 1 amide bonds. The van der Waals surface area contributed by atoms with Crippen LogP contribution >= 0.6 is 0 Å². The van der Waals surface area contributed by atoms with Crippen LogP contribution in [0.3, 0.4) is 0 Å². The zero-order chi connectivity index (χ0) is 20.8. The van der Waals surface area contributed by atoms with E-state index in [4.69, 9.17) is 4.52 Å². The monoisotopic (exact) mass is 405 g/mol. The summed E-state index contributed by atoms with van der Waals surface area (Å²) in [6, 6.07) is 15.9. The van der Waals surface area contributed by atoms with E-state index in [0.717, 1.165) is 5.56 Å². The minimum Gasteiger partial charge on any atom is -0.339 e. The Hall–Kier alpha value is -3.81. The summed E-state index contributed by atoms with van der Waals surface area (Å²) in [7, 11) is 0. The summed E-state index contributed by atoms with van der Waals surface area (Å²) < 4.78 is 20.0. The molecule has 2 heterocycles. The van der Waals surface area contributed by atoms with E-state index in [0.29, 0.717) is 48.8 Å². The van der Waals surface area contributed by atoms with Crippen molar-refractivity contribution >= 4 is 11.6 Å². The number of halogens is 1. The Kier molecular flexibility index (Phi) is 5.93. The molecule has 30 heavy (non-hydrogen) atoms. The highest BCUT2D eigenvalue weighted by Gasteiger charge is 2.10. The molecule has 2 aromatic carbocycles. The number of aromatic nitrogens is 4. The summed E-state index contributed by atoms with van der Waals surface area (Å²) in [5.74, 6) is 0.421. The van der Waals surface area contributed by atoms with E-state index in [1.165, 1.54) is 12.1 Å². The molecule has 0 aliphatic rings. The summed E-state index contributed by atoms with van der Waals surface area (Å²) in [5.41, 5.74) is 2.47. The Morgan fingerprint density at radius 2 is 1.90 bits per heavy atom. The first-order chi connectivity index (χ1) is 14.7. The van der Waals surface area contributed by atoms with Crippen molar-refractivity contribution < 1.29 is 13.7 Å². The van der Waals surface area contributed by atoms with Crippen LogP contribution in [0.1, 0.15) is 24.3 Å². The van der Waals surface area contributed by atoms with Crippen LogP contribution in [-0.4, -0.2) is 25.8 Å². The van der Waals surface area contributed by atoms with E-state index in [-0.39, 0.29) is 11.7 Å². The van der Waals surface area contributed by atoms with Crippen LogP contribution in [0, 0.1) is 5.82 Å². The average molecular weight is 405 g/mol. The minimum absolute atomic E-state index is 0.104. The second-order valence-corrected chi connectivity index (χ2v) is 6.83. The van der Waals surface area contributed by atoms with E-state index in [1.807, 2.05) is 30.3 Å². The molecular weight excluding hydrogens is 385 g/mol. The molecule has 8 heteroatoms. The number of anilines is 1. The van der Waals surface area contributed by atoms with Crippen molar-refractivity contribution in [3.05, 3.63) is 84.3 Å². The van der Waals surface area contributed by atoms with Gasteiger partial charge in [-0.15, -0.1) is 0 Å². The number of benzene rings is 2. The zero-order valence-corrected chi connectivity index (χ0v) is 16.2. The number of nitrogens with one attached hydrogen (secondary N) is 1. The molecule has 0 saturated carbocycles. The predicted octanol–water partition coefficient (Wildman–Crippen LogP) is 4.08. The smallest absolute Gasteiger partial charge is 0.226 e. The van der Waals surface area contributed by atoms with Gasteiger partial charge >= 0.3 is 0 Å². The highest BCUT2D eigenvalue weighted by molar-refractivity contribution is 5.90. The molecule has 4 aromatic rings. The van der Waals surface area contributed by atoms with Gasteiger partial charge in [0, 0.05) is 24.6 Å². The third kappa shape index (κ3) is 5.16. The molecule has 0 bridgehead atoms. The fraction of sp³-hybridized carbons (Fsp3) is 0.182. The standard InChI is InChI=1S/C22H20FN5O2/c23-18-11-9-17(10-12-18)22-26-21(30-27-22)8-4-7-20(29)25-19-13-24-28(15-19)14-16-5-2-1-3-6-16/h1-3,5-6,9-13,15H,4,7-8,14H2,(H,25,29). The molecule has 0 radical (unpaired) electrons. The molecule has 0 aliphatic carbocycles. The molecule has 2 aromatic heterocycles. The predicted molar refractivity (Wildman–Crippen MR) is 109 cm³/mol. The average Bonchev–Trinajstić information content (AvgIpc) is 3.39. The first-order valence-electron chi connectivity index (χ1n) is 9.60. The second-order valence-electron chi connectivity index (χ2n) is 6.83. The third-order valence-corrected chi connectivity index (χ3v) is 4.47. The Morgan fingerprint density at radius 3 is 2.70 bits per heavy atom. The van der Waals surface area contributed by atoms with Gasteiger partial charge in [-0.1, -0.05) is 35.5 Å². The number of hydrogen-bond acceptors (Lipinski definition) is 5. The van der Waals surface area contributed by atoms with Crippen molar-refractivity contribution in [1.29, 1.82) is 0 Å². The summed E-state index contributed by atoms with van der Waals surface area (Å²) >= 11 is 0. The molecule has 0 saturated heterocycles. The number of amides is 1. The van der Waals surface area contributed by atoms with Crippen molar-refractivity contribution in [2.75, 3.05) is 5.32 Å². The van der Waals surface area contributed by atoms with Crippen LogP contribution in [-0.2, 0) is 17.8 Å². The fourth-order valence-electron chi connectivity index (χ4n) is 2.98. The molecule has 7 nitrogen and oxygen atoms in total. The largest absolute Gasteiger partial charge is 0.339 e. The van der Waals surface area contributed by atoms with Crippen LogP contribution < -0.4 is 5.32 Å². The van der Waals surface area contributed by atoms with Gasteiger partial charge in [-0.2, -0.15) is 10.1 Å². The molecule has 4 rings (SSSR count). The van der Waals surface area contributed by atoms with Gasteiger partial charge in [-0.3, -0.25) is 9.48 Å². The summed E-state index contributed by atoms with van der Waals surface area (Å²) in [6.07, 6.45) is 4.80. The van der Waals surface area contributed by atoms with Crippen molar-refractivity contribution in [2.24, 2.45) is 0 Å². The lowest BCUT2D eigenvalue weighted by atomic mass is 10.2. The molecule has 0 atom stereocenters. The third-order valence-electron chi connectivity index (χ3n) is 4.47. The molecule has 0 fully saturated rings. The number of nitrogens with zero attached hydrogens (tertiary/aromatic N) is 4. The lowest BCUT2D eigenvalue weighted by Gasteiger charge is -2.02. The summed E-state index contributed by atoms with van der Waals surface area (Å²) in [6.45, 7) is 0.643. The van der Waals surface area contributed by atoms with Crippen LogP contribution in [0.4, 0.5) is 10.1 Å². The van der Waals surface area contributed by atoms with Gasteiger partial charge < -0.3 is 9.84 Å². The highest BCUT2D eigenvalue weighted by atomic mass is 19.1. The van der Waals surface area contributed by atoms with E-state index >= 15 is 0 Å². The van der Waals surface area contributed by atoms with Crippen molar-refractivity contribution in [3.8, 4) is 11.4 Å². The number of carbonyl (C=O) groups excluding carboxylic acids is 1.